The van der Waals surface area contributed by atoms with Crippen molar-refractivity contribution >= 4 is 17.8 Å². The predicted molar refractivity (Wildman–Crippen MR) is 87.1 cm³/mol. The molecule has 0 atom stereocenters. The number of hydrogen-bond donors (Lipinski definition) is 0. The minimum atomic E-state index is -0.506. The molecule has 0 saturated carbocycles. The summed E-state index contributed by atoms with van der Waals surface area (Å²) in [6.45, 7) is 7.23. The topological polar surface area (TPSA) is 43.4 Å². The lowest BCUT2D eigenvalue weighted by Crippen LogP contribution is -2.15. The highest BCUT2D eigenvalue weighted by Crippen LogP contribution is 2.12. The monoisotopic (exact) mass is 294 g/mol. The summed E-state index contributed by atoms with van der Waals surface area (Å²) in [6.07, 6.45) is 1.69. The third-order valence-corrected chi connectivity index (χ3v) is 3.40. The van der Waals surface area contributed by atoms with Crippen molar-refractivity contribution in [1.82, 2.24) is 0 Å². The zero-order valence-corrected chi connectivity index (χ0v) is 12.8. The van der Waals surface area contributed by atoms with Crippen LogP contribution in [-0.2, 0) is 4.74 Å². The maximum atomic E-state index is 12.1. The van der Waals surface area contributed by atoms with E-state index in [0.717, 1.165) is 16.7 Å². The number of hydrogen-bond acceptors (Lipinski definition) is 3. The summed E-state index contributed by atoms with van der Waals surface area (Å²) in [6, 6.07) is 12.4. The lowest BCUT2D eigenvalue weighted by atomic mass is 10.0. The highest BCUT2D eigenvalue weighted by molar-refractivity contribution is 6.00. The van der Waals surface area contributed by atoms with E-state index in [1.54, 1.807) is 36.4 Å². The van der Waals surface area contributed by atoms with Gasteiger partial charge in [0.1, 0.15) is 0 Å². The van der Waals surface area contributed by atoms with Gasteiger partial charge < -0.3 is 4.74 Å². The van der Waals surface area contributed by atoms with Crippen LogP contribution < -0.4 is 0 Å². The zero-order chi connectivity index (χ0) is 16.1. The summed E-state index contributed by atoms with van der Waals surface area (Å²) in [4.78, 5) is 24.0. The summed E-state index contributed by atoms with van der Waals surface area (Å²) < 4.78 is 5.09. The third kappa shape index (κ3) is 3.70. The van der Waals surface area contributed by atoms with E-state index in [9.17, 15) is 9.59 Å². The molecule has 3 nitrogen and oxygen atoms in total. The molecule has 0 aliphatic carbocycles. The molecular weight excluding hydrogens is 276 g/mol. The Morgan fingerprint density at radius 3 is 2.36 bits per heavy atom. The van der Waals surface area contributed by atoms with Gasteiger partial charge in [-0.2, -0.15) is 0 Å². The first-order valence-corrected chi connectivity index (χ1v) is 7.01. The van der Waals surface area contributed by atoms with Crippen LogP contribution in [0.3, 0.4) is 0 Å². The Morgan fingerprint density at radius 1 is 1.09 bits per heavy atom. The highest BCUT2D eigenvalue weighted by atomic mass is 16.5. The van der Waals surface area contributed by atoms with Gasteiger partial charge in [0, 0.05) is 5.56 Å². The van der Waals surface area contributed by atoms with Gasteiger partial charge in [-0.3, -0.25) is 4.79 Å². The molecule has 0 bridgehead atoms. The molecule has 0 fully saturated rings. The molecule has 2 aromatic carbocycles. The third-order valence-electron chi connectivity index (χ3n) is 3.40. The Kier molecular flexibility index (Phi) is 4.89. The molecule has 0 amide bonds. The first-order chi connectivity index (χ1) is 10.5. The number of rotatable bonds is 5. The largest absolute Gasteiger partial charge is 0.454 e. The van der Waals surface area contributed by atoms with Crippen LogP contribution in [0.2, 0.25) is 0 Å². The quantitative estimate of drug-likeness (QED) is 0.618. The van der Waals surface area contributed by atoms with E-state index in [0.29, 0.717) is 11.1 Å². The first kappa shape index (κ1) is 15.7. The van der Waals surface area contributed by atoms with Crippen molar-refractivity contribution in [3.8, 4) is 0 Å². The Bertz CT molecular complexity index is 712. The van der Waals surface area contributed by atoms with Gasteiger partial charge in [0.05, 0.1) is 5.56 Å². The number of esters is 1. The van der Waals surface area contributed by atoms with Crippen molar-refractivity contribution in [2.24, 2.45) is 0 Å². The lowest BCUT2D eigenvalue weighted by molar-refractivity contribution is 0.0474. The fourth-order valence-corrected chi connectivity index (χ4v) is 2.17. The minimum Gasteiger partial charge on any atom is -0.454 e. The van der Waals surface area contributed by atoms with E-state index in [4.69, 9.17) is 4.74 Å². The molecular formula is C19H18O3. The number of benzene rings is 2. The van der Waals surface area contributed by atoms with E-state index in [1.807, 2.05) is 26.0 Å². The molecule has 0 aliphatic heterocycles. The van der Waals surface area contributed by atoms with Crippen molar-refractivity contribution < 1.29 is 14.3 Å². The molecule has 0 spiro atoms. The second-order valence-corrected chi connectivity index (χ2v) is 5.14. The Hall–Kier alpha value is -2.68. The summed E-state index contributed by atoms with van der Waals surface area (Å²) in [5.41, 5.74) is 3.90. The number of Topliss-reactive ketones (excluding diaryl/α,β-unsaturated/α-hetero) is 1. The van der Waals surface area contributed by atoms with E-state index in [2.05, 4.69) is 6.58 Å². The van der Waals surface area contributed by atoms with Gasteiger partial charge in [-0.1, -0.05) is 48.6 Å². The maximum Gasteiger partial charge on any atom is 0.338 e. The maximum absolute atomic E-state index is 12.1. The first-order valence-electron chi connectivity index (χ1n) is 7.01. The molecule has 2 rings (SSSR count). The van der Waals surface area contributed by atoms with Crippen LogP contribution in [0.15, 0.2) is 49.0 Å². The van der Waals surface area contributed by atoms with Crippen LogP contribution in [0.1, 0.15) is 37.4 Å². The van der Waals surface area contributed by atoms with Crippen molar-refractivity contribution in [3.05, 3.63) is 76.9 Å². The zero-order valence-electron chi connectivity index (χ0n) is 12.8. The second kappa shape index (κ2) is 6.85. The molecule has 0 unspecified atom stereocenters. The van der Waals surface area contributed by atoms with Gasteiger partial charge >= 0.3 is 5.97 Å². The molecule has 112 valence electrons. The molecule has 22 heavy (non-hydrogen) atoms. The summed E-state index contributed by atoms with van der Waals surface area (Å²) in [7, 11) is 0. The molecule has 0 N–H and O–H groups in total. The van der Waals surface area contributed by atoms with Gasteiger partial charge in [0.15, 0.2) is 6.61 Å². The highest BCUT2D eigenvalue weighted by Gasteiger charge is 2.13. The minimum absolute atomic E-state index is 0.200. The molecule has 0 aliphatic rings. The smallest absolute Gasteiger partial charge is 0.338 e. The molecule has 2 aromatic rings. The number of aryl methyl sites for hydroxylation is 2. The van der Waals surface area contributed by atoms with Crippen molar-refractivity contribution in [2.45, 2.75) is 13.8 Å². The Morgan fingerprint density at radius 2 is 1.77 bits per heavy atom. The van der Waals surface area contributed by atoms with Gasteiger partial charge in [0.25, 0.3) is 0 Å². The SMILES string of the molecule is C=Cc1ccc(C(=O)OCC(=O)c2ccc(C)cc2C)cc1. The van der Waals surface area contributed by atoms with Gasteiger partial charge in [0.2, 0.25) is 5.78 Å². The molecule has 0 heterocycles. The van der Waals surface area contributed by atoms with Crippen molar-refractivity contribution in [3.63, 3.8) is 0 Å². The lowest BCUT2D eigenvalue weighted by Gasteiger charge is -2.07. The molecule has 0 aromatic heterocycles. The summed E-state index contributed by atoms with van der Waals surface area (Å²) in [5, 5.41) is 0. The van der Waals surface area contributed by atoms with Crippen molar-refractivity contribution in [2.75, 3.05) is 6.61 Å². The van der Waals surface area contributed by atoms with Crippen molar-refractivity contribution in [1.29, 1.82) is 0 Å². The Balaban J connectivity index is 2.00. The predicted octanol–water partition coefficient (Wildman–Crippen LogP) is 3.99. The number of ether oxygens (including phenoxy) is 1. The van der Waals surface area contributed by atoms with Crippen LogP contribution in [0, 0.1) is 13.8 Å². The van der Waals surface area contributed by atoms with E-state index < -0.39 is 5.97 Å². The molecule has 0 saturated heterocycles. The average Bonchev–Trinajstić information content (AvgIpc) is 2.52. The van der Waals surface area contributed by atoms with Gasteiger partial charge in [-0.05, 0) is 37.1 Å². The van der Waals surface area contributed by atoms with Gasteiger partial charge in [-0.25, -0.2) is 4.79 Å². The van der Waals surface area contributed by atoms with E-state index in [-0.39, 0.29) is 12.4 Å². The van der Waals surface area contributed by atoms with E-state index >= 15 is 0 Å². The average molecular weight is 294 g/mol. The van der Waals surface area contributed by atoms with Crippen LogP contribution in [0.5, 0.6) is 0 Å². The fraction of sp³-hybridized carbons (Fsp3) is 0.158. The number of carbonyl (C=O) groups excluding carboxylic acids is 2. The fourth-order valence-electron chi connectivity index (χ4n) is 2.17. The summed E-state index contributed by atoms with van der Waals surface area (Å²) >= 11 is 0. The van der Waals surface area contributed by atoms with Crippen LogP contribution >= 0.6 is 0 Å². The number of ketones is 1. The Labute approximate surface area is 130 Å². The normalized spacial score (nSPS) is 10.1. The summed E-state index contributed by atoms with van der Waals surface area (Å²) in [5.74, 6) is -0.706. The molecule has 0 radical (unpaired) electrons. The number of carbonyl (C=O) groups is 2. The second-order valence-electron chi connectivity index (χ2n) is 5.14. The van der Waals surface area contributed by atoms with Crippen LogP contribution in [0.4, 0.5) is 0 Å². The van der Waals surface area contributed by atoms with E-state index in [1.165, 1.54) is 0 Å². The van der Waals surface area contributed by atoms with Crippen LogP contribution in [-0.4, -0.2) is 18.4 Å². The van der Waals surface area contributed by atoms with Gasteiger partial charge in [-0.15, -0.1) is 0 Å². The standard InChI is InChI=1S/C19H18O3/c1-4-15-6-8-16(9-7-15)19(21)22-12-18(20)17-10-5-13(2)11-14(17)3/h4-11H,1,12H2,2-3H3. The van der Waals surface area contributed by atoms with Crippen LogP contribution in [0.25, 0.3) is 6.08 Å². The molecule has 3 heteroatoms.